The van der Waals surface area contributed by atoms with Crippen molar-refractivity contribution in [3.63, 3.8) is 0 Å². The summed E-state index contributed by atoms with van der Waals surface area (Å²) in [7, 11) is 0. The lowest BCUT2D eigenvalue weighted by Gasteiger charge is -2.08. The van der Waals surface area contributed by atoms with Gasteiger partial charge in [-0.15, -0.1) is 0 Å². The van der Waals surface area contributed by atoms with Crippen LogP contribution in [0.25, 0.3) is 0 Å². The molecule has 1 atom stereocenters. The normalized spacial score (nSPS) is 12.5. The lowest BCUT2D eigenvalue weighted by Crippen LogP contribution is -2.14. The Morgan fingerprint density at radius 1 is 1.64 bits per heavy atom. The second kappa shape index (κ2) is 3.93. The van der Waals surface area contributed by atoms with Crippen molar-refractivity contribution in [2.45, 2.75) is 19.6 Å². The number of aliphatic hydroxyl groups is 1. The molecule has 0 saturated heterocycles. The molecule has 1 rings (SSSR count). The molecule has 0 aliphatic rings. The van der Waals surface area contributed by atoms with E-state index in [-0.39, 0.29) is 0 Å². The molecule has 1 N–H and O–H groups in total. The first kappa shape index (κ1) is 8.01. The standard InChI is InChI=1S/C8H11NO2/c1-2-8(10)11-7-5-3-4-6-9-7/h3-6,8,10H,2H2,1H3. The maximum Gasteiger partial charge on any atom is 0.215 e. The van der Waals surface area contributed by atoms with E-state index >= 15 is 0 Å². The van der Waals surface area contributed by atoms with E-state index in [4.69, 9.17) is 9.84 Å². The Bertz CT molecular complexity index is 201. The topological polar surface area (TPSA) is 42.4 Å². The largest absolute Gasteiger partial charge is 0.448 e. The van der Waals surface area contributed by atoms with Crippen molar-refractivity contribution in [2.24, 2.45) is 0 Å². The Hall–Kier alpha value is -1.09. The Balaban J connectivity index is 2.51. The highest BCUT2D eigenvalue weighted by atomic mass is 16.6. The molecule has 0 bridgehead atoms. The fraction of sp³-hybridized carbons (Fsp3) is 0.375. The number of aliphatic hydroxyl groups excluding tert-OH is 1. The third-order valence-electron chi connectivity index (χ3n) is 1.24. The first-order valence-electron chi connectivity index (χ1n) is 3.58. The van der Waals surface area contributed by atoms with E-state index in [0.717, 1.165) is 0 Å². The highest BCUT2D eigenvalue weighted by Crippen LogP contribution is 2.06. The van der Waals surface area contributed by atoms with Gasteiger partial charge in [0.05, 0.1) is 0 Å². The summed E-state index contributed by atoms with van der Waals surface area (Å²) in [6.45, 7) is 1.84. The molecule has 60 valence electrons. The molecular formula is C8H11NO2. The fourth-order valence-corrected chi connectivity index (χ4v) is 0.640. The second-order valence-corrected chi connectivity index (χ2v) is 2.15. The third-order valence-corrected chi connectivity index (χ3v) is 1.24. The Labute approximate surface area is 65.7 Å². The van der Waals surface area contributed by atoms with Crippen molar-refractivity contribution in [3.05, 3.63) is 24.4 Å². The minimum absolute atomic E-state index is 0.460. The first-order chi connectivity index (χ1) is 5.33. The molecule has 0 spiro atoms. The Kier molecular flexibility index (Phi) is 2.86. The van der Waals surface area contributed by atoms with Crippen LogP contribution in [-0.2, 0) is 0 Å². The van der Waals surface area contributed by atoms with Crippen LogP contribution < -0.4 is 4.74 Å². The van der Waals surface area contributed by atoms with Crippen LogP contribution in [0.1, 0.15) is 13.3 Å². The van der Waals surface area contributed by atoms with Crippen molar-refractivity contribution in [3.8, 4) is 5.88 Å². The number of ether oxygens (including phenoxy) is 1. The predicted octanol–water partition coefficient (Wildman–Crippen LogP) is 1.19. The SMILES string of the molecule is CCC(O)Oc1ccccn1. The van der Waals surface area contributed by atoms with Crippen molar-refractivity contribution in [1.82, 2.24) is 4.98 Å². The Morgan fingerprint density at radius 3 is 3.00 bits per heavy atom. The summed E-state index contributed by atoms with van der Waals surface area (Å²) >= 11 is 0. The maximum atomic E-state index is 9.05. The summed E-state index contributed by atoms with van der Waals surface area (Å²) in [5, 5.41) is 9.05. The Morgan fingerprint density at radius 2 is 2.45 bits per heavy atom. The van der Waals surface area contributed by atoms with Gasteiger partial charge in [-0.25, -0.2) is 4.98 Å². The smallest absolute Gasteiger partial charge is 0.215 e. The molecule has 0 saturated carbocycles. The van der Waals surface area contributed by atoms with E-state index in [2.05, 4.69) is 4.98 Å². The van der Waals surface area contributed by atoms with Crippen LogP contribution >= 0.6 is 0 Å². The van der Waals surface area contributed by atoms with E-state index < -0.39 is 6.29 Å². The van der Waals surface area contributed by atoms with Crippen LogP contribution in [0, 0.1) is 0 Å². The number of hydrogen-bond acceptors (Lipinski definition) is 3. The molecule has 0 aromatic carbocycles. The number of aromatic nitrogens is 1. The van der Waals surface area contributed by atoms with Crippen molar-refractivity contribution >= 4 is 0 Å². The van der Waals surface area contributed by atoms with Gasteiger partial charge in [-0.2, -0.15) is 0 Å². The zero-order chi connectivity index (χ0) is 8.10. The minimum atomic E-state index is -0.745. The van der Waals surface area contributed by atoms with Gasteiger partial charge in [0.1, 0.15) is 0 Å². The van der Waals surface area contributed by atoms with Crippen LogP contribution in [-0.4, -0.2) is 16.4 Å². The summed E-state index contributed by atoms with van der Waals surface area (Å²) < 4.78 is 5.01. The molecule has 3 heteroatoms. The summed E-state index contributed by atoms with van der Waals surface area (Å²) in [6, 6.07) is 5.31. The molecular weight excluding hydrogens is 142 g/mol. The molecule has 0 radical (unpaired) electrons. The summed E-state index contributed by atoms with van der Waals surface area (Å²) in [4.78, 5) is 3.88. The fourth-order valence-electron chi connectivity index (χ4n) is 0.640. The monoisotopic (exact) mass is 153 g/mol. The quantitative estimate of drug-likeness (QED) is 0.663. The van der Waals surface area contributed by atoms with Crippen molar-refractivity contribution in [1.29, 1.82) is 0 Å². The molecule has 0 fully saturated rings. The number of hydrogen-bond donors (Lipinski definition) is 1. The second-order valence-electron chi connectivity index (χ2n) is 2.15. The van der Waals surface area contributed by atoms with E-state index in [9.17, 15) is 0 Å². The van der Waals surface area contributed by atoms with Gasteiger partial charge in [-0.1, -0.05) is 13.0 Å². The van der Waals surface area contributed by atoms with Crippen LogP contribution in [0.2, 0.25) is 0 Å². The van der Waals surface area contributed by atoms with Crippen LogP contribution in [0.5, 0.6) is 5.88 Å². The van der Waals surface area contributed by atoms with Crippen LogP contribution in [0.3, 0.4) is 0 Å². The molecule has 1 heterocycles. The predicted molar refractivity (Wildman–Crippen MR) is 41.2 cm³/mol. The zero-order valence-corrected chi connectivity index (χ0v) is 6.40. The molecule has 1 aromatic rings. The summed E-state index contributed by atoms with van der Waals surface area (Å²) in [5.41, 5.74) is 0. The molecule has 0 amide bonds. The van der Waals surface area contributed by atoms with E-state index in [1.165, 1.54) is 0 Å². The molecule has 0 aliphatic heterocycles. The van der Waals surface area contributed by atoms with Gasteiger partial charge in [0, 0.05) is 18.7 Å². The molecule has 1 unspecified atom stereocenters. The number of pyridine rings is 1. The number of nitrogens with zero attached hydrogens (tertiary/aromatic N) is 1. The van der Waals surface area contributed by atoms with Crippen molar-refractivity contribution in [2.75, 3.05) is 0 Å². The van der Waals surface area contributed by atoms with Gasteiger partial charge < -0.3 is 9.84 Å². The van der Waals surface area contributed by atoms with Gasteiger partial charge in [0.25, 0.3) is 0 Å². The van der Waals surface area contributed by atoms with Gasteiger partial charge in [0.15, 0.2) is 6.29 Å². The highest BCUT2D eigenvalue weighted by molar-refractivity contribution is 5.09. The van der Waals surface area contributed by atoms with Crippen LogP contribution in [0.15, 0.2) is 24.4 Å². The first-order valence-corrected chi connectivity index (χ1v) is 3.58. The summed E-state index contributed by atoms with van der Waals surface area (Å²) in [5.74, 6) is 0.460. The minimum Gasteiger partial charge on any atom is -0.448 e. The lowest BCUT2D eigenvalue weighted by molar-refractivity contribution is -0.0222. The average molecular weight is 153 g/mol. The average Bonchev–Trinajstić information content (AvgIpc) is 2.06. The number of rotatable bonds is 3. The highest BCUT2D eigenvalue weighted by Gasteiger charge is 2.00. The van der Waals surface area contributed by atoms with Gasteiger partial charge >= 0.3 is 0 Å². The van der Waals surface area contributed by atoms with Crippen LogP contribution in [0.4, 0.5) is 0 Å². The molecule has 3 nitrogen and oxygen atoms in total. The van der Waals surface area contributed by atoms with E-state index in [1.807, 2.05) is 13.0 Å². The van der Waals surface area contributed by atoms with E-state index in [0.29, 0.717) is 12.3 Å². The molecule has 11 heavy (non-hydrogen) atoms. The van der Waals surface area contributed by atoms with Gasteiger partial charge in [0.2, 0.25) is 5.88 Å². The summed E-state index contributed by atoms with van der Waals surface area (Å²) in [6.07, 6.45) is 1.44. The third kappa shape index (κ3) is 2.55. The lowest BCUT2D eigenvalue weighted by atomic mass is 10.4. The van der Waals surface area contributed by atoms with E-state index in [1.54, 1.807) is 18.3 Å². The van der Waals surface area contributed by atoms with Crippen molar-refractivity contribution < 1.29 is 9.84 Å². The van der Waals surface area contributed by atoms with Gasteiger partial charge in [-0.05, 0) is 6.07 Å². The van der Waals surface area contributed by atoms with Gasteiger partial charge in [-0.3, -0.25) is 0 Å². The zero-order valence-electron chi connectivity index (χ0n) is 6.40. The molecule has 0 aliphatic carbocycles. The maximum absolute atomic E-state index is 9.05. The molecule has 1 aromatic heterocycles.